The lowest BCUT2D eigenvalue weighted by Gasteiger charge is -2.09. The van der Waals surface area contributed by atoms with E-state index in [0.717, 1.165) is 12.1 Å². The Kier molecular flexibility index (Phi) is 4.97. The van der Waals surface area contributed by atoms with Gasteiger partial charge in [0.05, 0.1) is 6.61 Å². The van der Waals surface area contributed by atoms with Gasteiger partial charge in [0, 0.05) is 18.3 Å². The van der Waals surface area contributed by atoms with Crippen molar-refractivity contribution in [2.24, 2.45) is 0 Å². The molecule has 3 nitrogen and oxygen atoms in total. The average molecular weight is 216 g/mol. The predicted molar refractivity (Wildman–Crippen MR) is 54.1 cm³/mol. The zero-order valence-corrected chi connectivity index (χ0v) is 8.54. The highest BCUT2D eigenvalue weighted by Crippen LogP contribution is 2.12. The number of hydrogen-bond acceptors (Lipinski definition) is 3. The molecule has 0 bridgehead atoms. The van der Waals surface area contributed by atoms with Crippen LogP contribution in [0.5, 0.6) is 0 Å². The molecule has 0 aromatic carbocycles. The van der Waals surface area contributed by atoms with Crippen LogP contribution in [0.25, 0.3) is 0 Å². The Hall–Kier alpha value is -1.23. The van der Waals surface area contributed by atoms with E-state index in [4.69, 9.17) is 4.74 Å². The van der Waals surface area contributed by atoms with Crippen LogP contribution in [0.4, 0.5) is 14.6 Å². The van der Waals surface area contributed by atoms with Crippen molar-refractivity contribution in [1.29, 1.82) is 0 Å². The minimum atomic E-state index is -2.43. The summed E-state index contributed by atoms with van der Waals surface area (Å²) in [5.41, 5.74) is 0.792. The molecule has 0 fully saturated rings. The Morgan fingerprint density at radius 3 is 3.00 bits per heavy atom. The molecule has 1 aromatic rings. The van der Waals surface area contributed by atoms with E-state index in [1.54, 1.807) is 18.3 Å². The number of rotatable bonds is 6. The summed E-state index contributed by atoms with van der Waals surface area (Å²) >= 11 is 0. The number of anilines is 1. The lowest BCUT2D eigenvalue weighted by molar-refractivity contribution is 0.00997. The Morgan fingerprint density at radius 1 is 1.53 bits per heavy atom. The van der Waals surface area contributed by atoms with Gasteiger partial charge in [-0.25, -0.2) is 13.8 Å². The van der Waals surface area contributed by atoms with Gasteiger partial charge in [-0.15, -0.1) is 0 Å². The summed E-state index contributed by atoms with van der Waals surface area (Å²) in [5.74, 6) is 0.689. The van der Waals surface area contributed by atoms with Gasteiger partial charge in [0.25, 0.3) is 6.43 Å². The van der Waals surface area contributed by atoms with Crippen LogP contribution in [0.15, 0.2) is 18.3 Å². The van der Waals surface area contributed by atoms with Crippen molar-refractivity contribution in [3.8, 4) is 0 Å². The van der Waals surface area contributed by atoms with E-state index >= 15 is 0 Å². The van der Waals surface area contributed by atoms with E-state index in [1.165, 1.54) is 0 Å². The van der Waals surface area contributed by atoms with E-state index in [2.05, 4.69) is 10.3 Å². The molecule has 0 atom stereocenters. The summed E-state index contributed by atoms with van der Waals surface area (Å²) in [7, 11) is 0. The number of hydrogen-bond donors (Lipinski definition) is 1. The molecule has 1 aromatic heterocycles. The second-order valence-corrected chi connectivity index (χ2v) is 2.95. The molecule has 84 valence electrons. The standard InChI is InChI=1S/C10H14F2N2O/c1-2-13-10-8(4-3-5-14-10)6-15-7-9(11)12/h3-5,9H,2,6-7H2,1H3,(H,13,14). The normalized spacial score (nSPS) is 10.7. The van der Waals surface area contributed by atoms with Gasteiger partial charge in [-0.1, -0.05) is 6.07 Å². The Bertz CT molecular complexity index is 295. The lowest BCUT2D eigenvalue weighted by atomic mass is 10.2. The Labute approximate surface area is 87.5 Å². The van der Waals surface area contributed by atoms with Gasteiger partial charge in [0.1, 0.15) is 12.4 Å². The average Bonchev–Trinajstić information content (AvgIpc) is 2.20. The number of pyridine rings is 1. The van der Waals surface area contributed by atoms with E-state index in [1.807, 2.05) is 6.92 Å². The molecule has 15 heavy (non-hydrogen) atoms. The minimum Gasteiger partial charge on any atom is -0.371 e. The highest BCUT2D eigenvalue weighted by molar-refractivity contribution is 5.42. The van der Waals surface area contributed by atoms with E-state index in [-0.39, 0.29) is 6.61 Å². The molecule has 0 radical (unpaired) electrons. The van der Waals surface area contributed by atoms with Gasteiger partial charge in [0.15, 0.2) is 0 Å². The highest BCUT2D eigenvalue weighted by Gasteiger charge is 2.05. The van der Waals surface area contributed by atoms with Gasteiger partial charge >= 0.3 is 0 Å². The number of alkyl halides is 2. The topological polar surface area (TPSA) is 34.2 Å². The maximum Gasteiger partial charge on any atom is 0.261 e. The quantitative estimate of drug-likeness (QED) is 0.792. The fourth-order valence-corrected chi connectivity index (χ4v) is 1.14. The van der Waals surface area contributed by atoms with Crippen molar-refractivity contribution < 1.29 is 13.5 Å². The molecule has 0 aliphatic heterocycles. The third-order valence-electron chi connectivity index (χ3n) is 1.74. The molecule has 0 aliphatic carbocycles. The maximum atomic E-state index is 11.8. The van der Waals surface area contributed by atoms with Crippen molar-refractivity contribution in [2.75, 3.05) is 18.5 Å². The van der Waals surface area contributed by atoms with Crippen molar-refractivity contribution in [3.05, 3.63) is 23.9 Å². The van der Waals surface area contributed by atoms with Crippen molar-refractivity contribution in [1.82, 2.24) is 4.98 Å². The summed E-state index contributed by atoms with van der Waals surface area (Å²) in [6.45, 7) is 2.29. The number of nitrogens with one attached hydrogen (secondary N) is 1. The second kappa shape index (κ2) is 6.29. The van der Waals surface area contributed by atoms with Crippen LogP contribution < -0.4 is 5.32 Å². The van der Waals surface area contributed by atoms with Crippen LogP contribution in [0.1, 0.15) is 12.5 Å². The zero-order chi connectivity index (χ0) is 11.1. The molecule has 0 amide bonds. The largest absolute Gasteiger partial charge is 0.371 e. The van der Waals surface area contributed by atoms with Gasteiger partial charge in [-0.3, -0.25) is 0 Å². The summed E-state index contributed by atoms with van der Waals surface area (Å²) in [5, 5.41) is 3.04. The van der Waals surface area contributed by atoms with Crippen molar-refractivity contribution in [2.45, 2.75) is 20.0 Å². The SMILES string of the molecule is CCNc1ncccc1COCC(F)F. The molecule has 0 saturated carbocycles. The molecular weight excluding hydrogens is 202 g/mol. The molecule has 0 saturated heterocycles. The van der Waals surface area contributed by atoms with Crippen LogP contribution in [0.2, 0.25) is 0 Å². The zero-order valence-electron chi connectivity index (χ0n) is 8.54. The number of halogens is 2. The summed E-state index contributed by atoms with van der Waals surface area (Å²) < 4.78 is 28.5. The van der Waals surface area contributed by atoms with Gasteiger partial charge < -0.3 is 10.1 Å². The molecule has 1 rings (SSSR count). The molecule has 0 aliphatic rings. The Morgan fingerprint density at radius 2 is 2.33 bits per heavy atom. The van der Waals surface area contributed by atoms with Crippen LogP contribution in [0, 0.1) is 0 Å². The van der Waals surface area contributed by atoms with Gasteiger partial charge in [0.2, 0.25) is 0 Å². The molecule has 0 spiro atoms. The summed E-state index contributed by atoms with van der Waals surface area (Å²) in [4.78, 5) is 4.09. The predicted octanol–water partition coefficient (Wildman–Crippen LogP) is 2.30. The third-order valence-corrected chi connectivity index (χ3v) is 1.74. The highest BCUT2D eigenvalue weighted by atomic mass is 19.3. The fraction of sp³-hybridized carbons (Fsp3) is 0.500. The van der Waals surface area contributed by atoms with Gasteiger partial charge in [-0.05, 0) is 13.0 Å². The molecular formula is C10H14F2N2O. The third kappa shape index (κ3) is 4.20. The first kappa shape index (κ1) is 11.8. The van der Waals surface area contributed by atoms with Crippen LogP contribution in [0.3, 0.4) is 0 Å². The first-order valence-electron chi connectivity index (χ1n) is 4.77. The second-order valence-electron chi connectivity index (χ2n) is 2.95. The molecule has 1 heterocycles. The molecule has 1 N–H and O–H groups in total. The Balaban J connectivity index is 2.51. The molecule has 5 heteroatoms. The number of aromatic nitrogens is 1. The molecule has 0 unspecified atom stereocenters. The van der Waals surface area contributed by atoms with E-state index in [0.29, 0.717) is 5.82 Å². The van der Waals surface area contributed by atoms with Crippen LogP contribution >= 0.6 is 0 Å². The lowest BCUT2D eigenvalue weighted by Crippen LogP contribution is -2.07. The number of ether oxygens (including phenoxy) is 1. The first-order valence-corrected chi connectivity index (χ1v) is 4.77. The van der Waals surface area contributed by atoms with Crippen molar-refractivity contribution >= 4 is 5.82 Å². The van der Waals surface area contributed by atoms with Gasteiger partial charge in [-0.2, -0.15) is 0 Å². The fourth-order valence-electron chi connectivity index (χ4n) is 1.14. The maximum absolute atomic E-state index is 11.8. The van der Waals surface area contributed by atoms with E-state index in [9.17, 15) is 8.78 Å². The monoisotopic (exact) mass is 216 g/mol. The summed E-state index contributed by atoms with van der Waals surface area (Å²) in [6, 6.07) is 3.55. The first-order chi connectivity index (χ1) is 7.24. The van der Waals surface area contributed by atoms with Crippen molar-refractivity contribution in [3.63, 3.8) is 0 Å². The summed E-state index contributed by atoms with van der Waals surface area (Å²) in [6.07, 6.45) is -0.779. The minimum absolute atomic E-state index is 0.153. The van der Waals surface area contributed by atoms with Crippen LogP contribution in [-0.4, -0.2) is 24.6 Å². The number of nitrogens with zero attached hydrogens (tertiary/aromatic N) is 1. The smallest absolute Gasteiger partial charge is 0.261 e. The van der Waals surface area contributed by atoms with E-state index < -0.39 is 13.0 Å². The van der Waals surface area contributed by atoms with Crippen LogP contribution in [-0.2, 0) is 11.3 Å².